The van der Waals surface area contributed by atoms with Crippen molar-refractivity contribution in [3.63, 3.8) is 0 Å². The number of carbonyl (C=O) groups is 1. The maximum absolute atomic E-state index is 12.3. The van der Waals surface area contributed by atoms with Gasteiger partial charge in [0.15, 0.2) is 0 Å². The zero-order valence-electron chi connectivity index (χ0n) is 12.6. The molecule has 0 saturated carbocycles. The van der Waals surface area contributed by atoms with Crippen molar-refractivity contribution >= 4 is 11.6 Å². The summed E-state index contributed by atoms with van der Waals surface area (Å²) in [5.74, 6) is -0.0465. The molecule has 0 aliphatic heterocycles. The monoisotopic (exact) mass is 282 g/mol. The number of anilines is 1. The van der Waals surface area contributed by atoms with Gasteiger partial charge in [-0.2, -0.15) is 0 Å². The summed E-state index contributed by atoms with van der Waals surface area (Å²) in [7, 11) is 0. The fourth-order valence-electron chi connectivity index (χ4n) is 2.08. The van der Waals surface area contributed by atoms with Gasteiger partial charge in [0.25, 0.3) is 5.91 Å². The summed E-state index contributed by atoms with van der Waals surface area (Å²) >= 11 is 0. The van der Waals surface area contributed by atoms with Crippen LogP contribution < -0.4 is 10.6 Å². The van der Waals surface area contributed by atoms with E-state index >= 15 is 0 Å². The molecule has 2 aromatic rings. The third-order valence-electron chi connectivity index (χ3n) is 3.31. The van der Waals surface area contributed by atoms with E-state index < -0.39 is 0 Å². The van der Waals surface area contributed by atoms with Gasteiger partial charge in [0, 0.05) is 18.8 Å². The summed E-state index contributed by atoms with van der Waals surface area (Å²) in [6.45, 7) is 5.56. The van der Waals surface area contributed by atoms with Crippen molar-refractivity contribution in [3.8, 4) is 0 Å². The Bertz CT molecular complexity index is 590. The lowest BCUT2D eigenvalue weighted by molar-refractivity contribution is 0.0951. The number of carbonyl (C=O) groups excluding carboxylic acids is 1. The molecule has 1 amide bonds. The number of amides is 1. The van der Waals surface area contributed by atoms with Crippen molar-refractivity contribution < 1.29 is 4.79 Å². The van der Waals surface area contributed by atoms with Gasteiger partial charge in [-0.25, -0.2) is 0 Å². The lowest BCUT2D eigenvalue weighted by atomic mass is 10.1. The van der Waals surface area contributed by atoms with Gasteiger partial charge in [-0.3, -0.25) is 4.79 Å². The molecule has 2 N–H and O–H groups in total. The summed E-state index contributed by atoms with van der Waals surface area (Å²) in [5, 5.41) is 6.26. The van der Waals surface area contributed by atoms with Crippen LogP contribution in [0.2, 0.25) is 0 Å². The van der Waals surface area contributed by atoms with Crippen molar-refractivity contribution in [1.82, 2.24) is 5.32 Å². The summed E-state index contributed by atoms with van der Waals surface area (Å²) < 4.78 is 0. The fraction of sp³-hybridized carbons (Fsp3) is 0.278. The average Bonchev–Trinajstić information content (AvgIpc) is 2.52. The minimum atomic E-state index is -0.0465. The highest BCUT2D eigenvalue weighted by molar-refractivity contribution is 5.99. The SMILES string of the molecule is CCCNc1ccccc1C(=O)NCc1ccc(C)cc1. The van der Waals surface area contributed by atoms with E-state index in [9.17, 15) is 4.79 Å². The third-order valence-corrected chi connectivity index (χ3v) is 3.31. The smallest absolute Gasteiger partial charge is 0.253 e. The quantitative estimate of drug-likeness (QED) is 0.847. The number of hydrogen-bond donors (Lipinski definition) is 2. The van der Waals surface area contributed by atoms with Crippen LogP contribution in [0.1, 0.15) is 34.8 Å². The molecule has 0 bridgehead atoms. The second-order valence-corrected chi connectivity index (χ2v) is 5.14. The largest absolute Gasteiger partial charge is 0.384 e. The zero-order chi connectivity index (χ0) is 15.1. The van der Waals surface area contributed by atoms with E-state index in [1.54, 1.807) is 0 Å². The number of hydrogen-bond acceptors (Lipinski definition) is 2. The number of para-hydroxylation sites is 1. The van der Waals surface area contributed by atoms with Gasteiger partial charge in [-0.1, -0.05) is 48.9 Å². The first kappa shape index (κ1) is 15.1. The molecule has 0 atom stereocenters. The molecule has 0 aliphatic carbocycles. The Balaban J connectivity index is 2.01. The van der Waals surface area contributed by atoms with Crippen LogP contribution in [0.3, 0.4) is 0 Å². The lowest BCUT2D eigenvalue weighted by Gasteiger charge is -2.11. The Labute approximate surface area is 126 Å². The van der Waals surface area contributed by atoms with Crippen molar-refractivity contribution in [3.05, 3.63) is 65.2 Å². The molecule has 3 heteroatoms. The van der Waals surface area contributed by atoms with E-state index in [1.165, 1.54) is 5.56 Å². The van der Waals surface area contributed by atoms with Crippen LogP contribution in [0.25, 0.3) is 0 Å². The Morgan fingerprint density at radius 1 is 1.05 bits per heavy atom. The molecule has 0 unspecified atom stereocenters. The zero-order valence-corrected chi connectivity index (χ0v) is 12.6. The van der Waals surface area contributed by atoms with Gasteiger partial charge in [0.05, 0.1) is 5.56 Å². The molecule has 0 radical (unpaired) electrons. The van der Waals surface area contributed by atoms with E-state index in [0.717, 1.165) is 24.2 Å². The fourth-order valence-corrected chi connectivity index (χ4v) is 2.08. The Morgan fingerprint density at radius 2 is 1.76 bits per heavy atom. The van der Waals surface area contributed by atoms with Crippen LogP contribution in [0.15, 0.2) is 48.5 Å². The molecule has 0 fully saturated rings. The van der Waals surface area contributed by atoms with E-state index in [2.05, 4.69) is 36.6 Å². The molecule has 2 aromatic carbocycles. The van der Waals surface area contributed by atoms with E-state index in [4.69, 9.17) is 0 Å². The molecular weight excluding hydrogens is 260 g/mol. The maximum Gasteiger partial charge on any atom is 0.253 e. The second kappa shape index (κ2) is 7.48. The number of nitrogens with one attached hydrogen (secondary N) is 2. The predicted octanol–water partition coefficient (Wildman–Crippen LogP) is 3.75. The topological polar surface area (TPSA) is 41.1 Å². The average molecular weight is 282 g/mol. The van der Waals surface area contributed by atoms with Crippen molar-refractivity contribution in [1.29, 1.82) is 0 Å². The first-order valence-corrected chi connectivity index (χ1v) is 7.37. The second-order valence-electron chi connectivity index (χ2n) is 5.14. The van der Waals surface area contributed by atoms with Gasteiger partial charge in [-0.15, -0.1) is 0 Å². The Morgan fingerprint density at radius 3 is 2.48 bits per heavy atom. The van der Waals surface area contributed by atoms with E-state index in [0.29, 0.717) is 12.1 Å². The van der Waals surface area contributed by atoms with Crippen LogP contribution in [-0.2, 0) is 6.54 Å². The van der Waals surface area contributed by atoms with Crippen LogP contribution in [0.4, 0.5) is 5.69 Å². The van der Waals surface area contributed by atoms with Crippen molar-refractivity contribution in [2.45, 2.75) is 26.8 Å². The third kappa shape index (κ3) is 4.35. The van der Waals surface area contributed by atoms with Crippen LogP contribution in [-0.4, -0.2) is 12.5 Å². The summed E-state index contributed by atoms with van der Waals surface area (Å²) in [4.78, 5) is 12.3. The summed E-state index contributed by atoms with van der Waals surface area (Å²) in [6.07, 6.45) is 1.03. The lowest BCUT2D eigenvalue weighted by Crippen LogP contribution is -2.24. The molecule has 0 spiro atoms. The molecule has 3 nitrogen and oxygen atoms in total. The van der Waals surface area contributed by atoms with Gasteiger partial charge in [0.2, 0.25) is 0 Å². The molecule has 0 aromatic heterocycles. The molecule has 110 valence electrons. The van der Waals surface area contributed by atoms with Crippen LogP contribution in [0, 0.1) is 6.92 Å². The summed E-state index contributed by atoms with van der Waals surface area (Å²) in [5.41, 5.74) is 3.91. The summed E-state index contributed by atoms with van der Waals surface area (Å²) in [6, 6.07) is 15.8. The van der Waals surface area contributed by atoms with Gasteiger partial charge >= 0.3 is 0 Å². The van der Waals surface area contributed by atoms with Crippen LogP contribution >= 0.6 is 0 Å². The first-order valence-electron chi connectivity index (χ1n) is 7.37. The van der Waals surface area contributed by atoms with Crippen molar-refractivity contribution in [2.24, 2.45) is 0 Å². The van der Waals surface area contributed by atoms with E-state index in [1.807, 2.05) is 36.4 Å². The first-order chi connectivity index (χ1) is 10.2. The normalized spacial score (nSPS) is 10.2. The highest BCUT2D eigenvalue weighted by atomic mass is 16.1. The molecule has 2 rings (SSSR count). The predicted molar refractivity (Wildman–Crippen MR) is 87.6 cm³/mol. The number of benzene rings is 2. The molecule has 0 heterocycles. The van der Waals surface area contributed by atoms with Gasteiger partial charge in [-0.05, 0) is 31.0 Å². The molecule has 21 heavy (non-hydrogen) atoms. The highest BCUT2D eigenvalue weighted by Gasteiger charge is 2.09. The number of rotatable bonds is 6. The van der Waals surface area contributed by atoms with Crippen molar-refractivity contribution in [2.75, 3.05) is 11.9 Å². The minimum Gasteiger partial charge on any atom is -0.384 e. The minimum absolute atomic E-state index is 0.0465. The molecule has 0 aliphatic rings. The highest BCUT2D eigenvalue weighted by Crippen LogP contribution is 2.15. The van der Waals surface area contributed by atoms with Gasteiger partial charge in [0.1, 0.15) is 0 Å². The van der Waals surface area contributed by atoms with Gasteiger partial charge < -0.3 is 10.6 Å². The molecular formula is C18H22N2O. The maximum atomic E-state index is 12.3. The van der Waals surface area contributed by atoms with E-state index in [-0.39, 0.29) is 5.91 Å². The Kier molecular flexibility index (Phi) is 5.38. The number of aryl methyl sites for hydroxylation is 1. The standard InChI is InChI=1S/C18H22N2O/c1-3-12-19-17-7-5-4-6-16(17)18(21)20-13-15-10-8-14(2)9-11-15/h4-11,19H,3,12-13H2,1-2H3,(H,20,21). The van der Waals surface area contributed by atoms with Crippen LogP contribution in [0.5, 0.6) is 0 Å². The molecule has 0 saturated heterocycles. The Hall–Kier alpha value is -2.29.